The summed E-state index contributed by atoms with van der Waals surface area (Å²) in [6.07, 6.45) is 10.0. The minimum Gasteiger partial charge on any atom is -0.378 e. The molecule has 0 radical (unpaired) electrons. The Morgan fingerprint density at radius 3 is 2.55 bits per heavy atom. The zero-order chi connectivity index (χ0) is 13.8. The first-order valence-electron chi connectivity index (χ1n) is 8.78. The number of nitrogens with one attached hydrogen (secondary N) is 1. The number of rotatable bonds is 5. The van der Waals surface area contributed by atoms with E-state index in [1.165, 1.54) is 77.7 Å². The fourth-order valence-corrected chi connectivity index (χ4v) is 4.23. The molecule has 1 atom stereocenters. The second-order valence-corrected chi connectivity index (χ2v) is 7.70. The number of nitrogens with zero attached hydrogens (tertiary/aromatic N) is 1. The molecule has 116 valence electrons. The standard InChI is InChI=1S/C17H32N2O/c1-17(8-9-18-13-17)14-19-10-6-16(7-11-19)20-12-15-4-2-3-5-15/h15-16,18H,2-14H2,1H3. The number of hydrogen-bond donors (Lipinski definition) is 1. The van der Waals surface area contributed by atoms with Crippen molar-refractivity contribution in [2.45, 2.75) is 58.0 Å². The Bertz CT molecular complexity index is 287. The molecule has 0 bridgehead atoms. The van der Waals surface area contributed by atoms with Gasteiger partial charge in [0.1, 0.15) is 0 Å². The fraction of sp³-hybridized carbons (Fsp3) is 1.00. The predicted octanol–water partition coefficient (Wildman–Crippen LogP) is 2.66. The molecule has 3 rings (SSSR count). The maximum absolute atomic E-state index is 6.17. The van der Waals surface area contributed by atoms with E-state index in [4.69, 9.17) is 4.74 Å². The molecule has 3 nitrogen and oxygen atoms in total. The van der Waals surface area contributed by atoms with Gasteiger partial charge in [-0.25, -0.2) is 0 Å². The third-order valence-corrected chi connectivity index (χ3v) is 5.64. The van der Waals surface area contributed by atoms with Crippen LogP contribution >= 0.6 is 0 Å². The lowest BCUT2D eigenvalue weighted by molar-refractivity contribution is -0.0137. The Kier molecular flexibility index (Phi) is 5.00. The molecule has 2 saturated heterocycles. The van der Waals surface area contributed by atoms with Crippen LogP contribution < -0.4 is 5.32 Å². The van der Waals surface area contributed by atoms with Crippen LogP contribution in [0.5, 0.6) is 0 Å². The van der Waals surface area contributed by atoms with Gasteiger partial charge in [-0.05, 0) is 50.0 Å². The molecule has 3 fully saturated rings. The SMILES string of the molecule is CC1(CN2CCC(OCC3CCCC3)CC2)CCNC1. The molecule has 3 aliphatic rings. The van der Waals surface area contributed by atoms with E-state index in [1.54, 1.807) is 0 Å². The van der Waals surface area contributed by atoms with Crippen LogP contribution in [0.25, 0.3) is 0 Å². The smallest absolute Gasteiger partial charge is 0.0599 e. The molecule has 1 saturated carbocycles. The lowest BCUT2D eigenvalue weighted by atomic mass is 9.88. The number of likely N-dealkylation sites (tertiary alicyclic amines) is 1. The van der Waals surface area contributed by atoms with Crippen LogP contribution in [0, 0.1) is 11.3 Å². The van der Waals surface area contributed by atoms with Crippen LogP contribution in [-0.2, 0) is 4.74 Å². The van der Waals surface area contributed by atoms with Crippen molar-refractivity contribution >= 4 is 0 Å². The van der Waals surface area contributed by atoms with E-state index in [9.17, 15) is 0 Å². The Labute approximate surface area is 124 Å². The Hall–Kier alpha value is -0.120. The topological polar surface area (TPSA) is 24.5 Å². The summed E-state index contributed by atoms with van der Waals surface area (Å²) in [7, 11) is 0. The minimum absolute atomic E-state index is 0.511. The second-order valence-electron chi connectivity index (χ2n) is 7.70. The highest BCUT2D eigenvalue weighted by molar-refractivity contribution is 4.88. The van der Waals surface area contributed by atoms with Gasteiger partial charge in [0, 0.05) is 32.8 Å². The van der Waals surface area contributed by atoms with Crippen molar-refractivity contribution in [3.63, 3.8) is 0 Å². The van der Waals surface area contributed by atoms with Gasteiger partial charge in [-0.3, -0.25) is 0 Å². The predicted molar refractivity (Wildman–Crippen MR) is 83.0 cm³/mol. The van der Waals surface area contributed by atoms with E-state index in [0.717, 1.165) is 12.5 Å². The summed E-state index contributed by atoms with van der Waals surface area (Å²) in [5, 5.41) is 3.51. The van der Waals surface area contributed by atoms with Gasteiger partial charge in [-0.1, -0.05) is 19.8 Å². The Balaban J connectivity index is 1.34. The van der Waals surface area contributed by atoms with E-state index in [1.807, 2.05) is 0 Å². The van der Waals surface area contributed by atoms with E-state index in [2.05, 4.69) is 17.1 Å². The van der Waals surface area contributed by atoms with E-state index in [-0.39, 0.29) is 0 Å². The van der Waals surface area contributed by atoms with Gasteiger partial charge in [0.05, 0.1) is 6.10 Å². The maximum Gasteiger partial charge on any atom is 0.0599 e. The zero-order valence-corrected chi connectivity index (χ0v) is 13.2. The van der Waals surface area contributed by atoms with Crippen molar-refractivity contribution in [3.05, 3.63) is 0 Å². The van der Waals surface area contributed by atoms with Gasteiger partial charge in [0.2, 0.25) is 0 Å². The van der Waals surface area contributed by atoms with E-state index in [0.29, 0.717) is 11.5 Å². The van der Waals surface area contributed by atoms with Gasteiger partial charge in [0.15, 0.2) is 0 Å². The molecule has 0 aromatic rings. The molecule has 0 amide bonds. The highest BCUT2D eigenvalue weighted by atomic mass is 16.5. The van der Waals surface area contributed by atoms with Crippen LogP contribution in [0.2, 0.25) is 0 Å². The molecule has 1 aliphatic carbocycles. The first kappa shape index (κ1) is 14.8. The summed E-state index contributed by atoms with van der Waals surface area (Å²) in [5.41, 5.74) is 0.511. The molecule has 1 N–H and O–H groups in total. The summed E-state index contributed by atoms with van der Waals surface area (Å²) in [5.74, 6) is 0.872. The molecule has 20 heavy (non-hydrogen) atoms. The summed E-state index contributed by atoms with van der Waals surface area (Å²) < 4.78 is 6.17. The largest absolute Gasteiger partial charge is 0.378 e. The fourth-order valence-electron chi connectivity index (χ4n) is 4.23. The van der Waals surface area contributed by atoms with Gasteiger partial charge in [-0.15, -0.1) is 0 Å². The quantitative estimate of drug-likeness (QED) is 0.838. The van der Waals surface area contributed by atoms with Crippen molar-refractivity contribution in [1.29, 1.82) is 0 Å². The lowest BCUT2D eigenvalue weighted by Gasteiger charge is -2.37. The lowest BCUT2D eigenvalue weighted by Crippen LogP contribution is -2.43. The van der Waals surface area contributed by atoms with Crippen LogP contribution in [0.1, 0.15) is 51.9 Å². The molecule has 0 aromatic heterocycles. The number of hydrogen-bond acceptors (Lipinski definition) is 3. The molecule has 2 heterocycles. The first-order chi connectivity index (χ1) is 9.73. The summed E-state index contributed by atoms with van der Waals surface area (Å²) >= 11 is 0. The number of piperidine rings is 1. The second kappa shape index (κ2) is 6.76. The van der Waals surface area contributed by atoms with Crippen molar-refractivity contribution in [2.24, 2.45) is 11.3 Å². The van der Waals surface area contributed by atoms with E-state index < -0.39 is 0 Å². The Morgan fingerprint density at radius 1 is 1.15 bits per heavy atom. The highest BCUT2D eigenvalue weighted by Gasteiger charge is 2.32. The summed E-state index contributed by atoms with van der Waals surface area (Å²) in [6.45, 7) is 9.63. The summed E-state index contributed by atoms with van der Waals surface area (Å²) in [4.78, 5) is 2.67. The monoisotopic (exact) mass is 280 g/mol. The van der Waals surface area contributed by atoms with Crippen LogP contribution in [0.4, 0.5) is 0 Å². The van der Waals surface area contributed by atoms with Crippen LogP contribution in [-0.4, -0.2) is 50.3 Å². The molecule has 0 spiro atoms. The maximum atomic E-state index is 6.17. The molecular formula is C17H32N2O. The minimum atomic E-state index is 0.511. The average Bonchev–Trinajstić information content (AvgIpc) is 3.10. The average molecular weight is 280 g/mol. The first-order valence-corrected chi connectivity index (χ1v) is 8.78. The van der Waals surface area contributed by atoms with Gasteiger partial charge in [-0.2, -0.15) is 0 Å². The van der Waals surface area contributed by atoms with Crippen molar-refractivity contribution in [3.8, 4) is 0 Å². The van der Waals surface area contributed by atoms with Gasteiger partial charge >= 0.3 is 0 Å². The van der Waals surface area contributed by atoms with E-state index >= 15 is 0 Å². The van der Waals surface area contributed by atoms with Crippen LogP contribution in [0.3, 0.4) is 0 Å². The third-order valence-electron chi connectivity index (χ3n) is 5.64. The Morgan fingerprint density at radius 2 is 1.90 bits per heavy atom. The third kappa shape index (κ3) is 3.96. The number of ether oxygens (including phenoxy) is 1. The highest BCUT2D eigenvalue weighted by Crippen LogP contribution is 2.28. The summed E-state index contributed by atoms with van der Waals surface area (Å²) in [6, 6.07) is 0. The van der Waals surface area contributed by atoms with Crippen LogP contribution in [0.15, 0.2) is 0 Å². The van der Waals surface area contributed by atoms with Gasteiger partial charge in [0.25, 0.3) is 0 Å². The molecule has 2 aliphatic heterocycles. The normalized spacial score (nSPS) is 34.0. The van der Waals surface area contributed by atoms with Crippen molar-refractivity contribution < 1.29 is 4.74 Å². The molecule has 0 aromatic carbocycles. The molecule has 3 heteroatoms. The molecule has 1 unspecified atom stereocenters. The van der Waals surface area contributed by atoms with Crippen molar-refractivity contribution in [1.82, 2.24) is 10.2 Å². The van der Waals surface area contributed by atoms with Crippen molar-refractivity contribution in [2.75, 3.05) is 39.3 Å². The molecular weight excluding hydrogens is 248 g/mol. The zero-order valence-electron chi connectivity index (χ0n) is 13.2. The van der Waals surface area contributed by atoms with Gasteiger partial charge < -0.3 is 15.0 Å².